The van der Waals surface area contributed by atoms with Crippen LogP contribution in [0.25, 0.3) is 0 Å². The van der Waals surface area contributed by atoms with Gasteiger partial charge in [-0.05, 0) is 18.9 Å². The topological polar surface area (TPSA) is 43.4 Å². The van der Waals surface area contributed by atoms with Crippen molar-refractivity contribution in [2.24, 2.45) is 0 Å². The van der Waals surface area contributed by atoms with E-state index in [1.807, 2.05) is 38.1 Å². The second kappa shape index (κ2) is 6.75. The zero-order valence-electron chi connectivity index (χ0n) is 11.7. The molecule has 106 valence electrons. The fourth-order valence-electron chi connectivity index (χ4n) is 2.20. The molecule has 1 unspecified atom stereocenters. The van der Waals surface area contributed by atoms with Crippen LogP contribution in [0.5, 0.6) is 0 Å². The molecule has 1 aliphatic rings. The zero-order valence-corrected chi connectivity index (χ0v) is 12.5. The Bertz CT molecular complexity index is 548. The Morgan fingerprint density at radius 1 is 1.30 bits per heavy atom. The fourth-order valence-corrected chi connectivity index (χ4v) is 3.16. The molecule has 0 amide bonds. The van der Waals surface area contributed by atoms with E-state index in [0.717, 1.165) is 17.5 Å². The van der Waals surface area contributed by atoms with Crippen molar-refractivity contribution in [1.29, 1.82) is 0 Å². The van der Waals surface area contributed by atoms with Crippen molar-refractivity contribution in [2.75, 3.05) is 6.61 Å². The fraction of sp³-hybridized carbons (Fsp3) is 0.375. The Morgan fingerprint density at radius 2 is 2.05 bits per heavy atom. The average Bonchev–Trinajstić information content (AvgIpc) is 2.80. The van der Waals surface area contributed by atoms with Crippen LogP contribution < -0.4 is 0 Å². The highest BCUT2D eigenvalue weighted by atomic mass is 32.2. The van der Waals surface area contributed by atoms with Crippen LogP contribution >= 0.6 is 11.8 Å². The molecule has 0 bridgehead atoms. The molecule has 0 aliphatic carbocycles. The SMILES string of the molecule is CCOC1=CSC(CC(=O)c2ccccc2CC)C1=O. The normalized spacial score (nSPS) is 18.0. The predicted octanol–water partition coefficient (Wildman–Crippen LogP) is 3.38. The van der Waals surface area contributed by atoms with Gasteiger partial charge in [-0.25, -0.2) is 0 Å². The molecule has 0 saturated heterocycles. The molecule has 0 aromatic heterocycles. The zero-order chi connectivity index (χ0) is 14.5. The number of hydrogen-bond donors (Lipinski definition) is 0. The largest absolute Gasteiger partial charge is 0.490 e. The van der Waals surface area contributed by atoms with Crippen molar-refractivity contribution in [3.05, 3.63) is 46.6 Å². The first-order valence-corrected chi connectivity index (χ1v) is 7.75. The molecule has 1 aliphatic heterocycles. The minimum absolute atomic E-state index is 0.0273. The first-order valence-electron chi connectivity index (χ1n) is 6.81. The monoisotopic (exact) mass is 290 g/mol. The molecule has 0 radical (unpaired) electrons. The summed E-state index contributed by atoms with van der Waals surface area (Å²) in [5, 5.41) is 1.38. The number of allylic oxidation sites excluding steroid dienone is 1. The molecule has 1 heterocycles. The quantitative estimate of drug-likeness (QED) is 0.753. The molecule has 2 rings (SSSR count). The Hall–Kier alpha value is -1.55. The summed E-state index contributed by atoms with van der Waals surface area (Å²) in [4.78, 5) is 24.4. The molecular formula is C16H18O3S. The number of ether oxygens (including phenoxy) is 1. The van der Waals surface area contributed by atoms with Gasteiger partial charge < -0.3 is 4.74 Å². The van der Waals surface area contributed by atoms with Crippen LogP contribution in [-0.4, -0.2) is 23.4 Å². The average molecular weight is 290 g/mol. The highest BCUT2D eigenvalue weighted by Crippen LogP contribution is 2.31. The lowest BCUT2D eigenvalue weighted by Crippen LogP contribution is -2.20. The summed E-state index contributed by atoms with van der Waals surface area (Å²) >= 11 is 1.38. The lowest BCUT2D eigenvalue weighted by Gasteiger charge is -2.10. The number of carbonyl (C=O) groups is 2. The maximum atomic E-state index is 12.4. The summed E-state index contributed by atoms with van der Waals surface area (Å²) in [6, 6.07) is 7.59. The molecule has 3 nitrogen and oxygen atoms in total. The van der Waals surface area contributed by atoms with Gasteiger partial charge >= 0.3 is 0 Å². The second-order valence-corrected chi connectivity index (χ2v) is 5.62. The minimum atomic E-state index is -0.339. The van der Waals surface area contributed by atoms with Gasteiger partial charge in [0.15, 0.2) is 11.5 Å². The predicted molar refractivity (Wildman–Crippen MR) is 80.9 cm³/mol. The van der Waals surface area contributed by atoms with E-state index in [1.54, 1.807) is 5.41 Å². The number of rotatable bonds is 6. The van der Waals surface area contributed by atoms with E-state index in [9.17, 15) is 9.59 Å². The number of aryl methyl sites for hydroxylation is 1. The maximum absolute atomic E-state index is 12.4. The van der Waals surface area contributed by atoms with Gasteiger partial charge in [-0.2, -0.15) is 0 Å². The maximum Gasteiger partial charge on any atom is 0.211 e. The third-order valence-corrected chi connectivity index (χ3v) is 4.30. The lowest BCUT2D eigenvalue weighted by molar-refractivity contribution is -0.118. The van der Waals surface area contributed by atoms with Crippen molar-refractivity contribution < 1.29 is 14.3 Å². The van der Waals surface area contributed by atoms with Crippen LogP contribution in [0.2, 0.25) is 0 Å². The van der Waals surface area contributed by atoms with Crippen LogP contribution in [-0.2, 0) is 16.0 Å². The van der Waals surface area contributed by atoms with E-state index in [2.05, 4.69) is 0 Å². The van der Waals surface area contributed by atoms with E-state index >= 15 is 0 Å². The first-order chi connectivity index (χ1) is 9.67. The highest BCUT2D eigenvalue weighted by Gasteiger charge is 2.31. The van der Waals surface area contributed by atoms with Crippen molar-refractivity contribution >= 4 is 23.3 Å². The summed E-state index contributed by atoms with van der Waals surface area (Å²) in [5.74, 6) is 0.345. The second-order valence-electron chi connectivity index (χ2n) is 4.54. The van der Waals surface area contributed by atoms with Gasteiger partial charge in [-0.1, -0.05) is 31.2 Å². The number of ketones is 2. The molecule has 1 atom stereocenters. The Kier molecular flexibility index (Phi) is 5.01. The van der Waals surface area contributed by atoms with Crippen LogP contribution in [0, 0.1) is 0 Å². The van der Waals surface area contributed by atoms with Crippen molar-refractivity contribution in [2.45, 2.75) is 31.9 Å². The van der Waals surface area contributed by atoms with Gasteiger partial charge in [-0.3, -0.25) is 9.59 Å². The molecule has 1 aromatic carbocycles. The van der Waals surface area contributed by atoms with E-state index in [4.69, 9.17) is 4.74 Å². The van der Waals surface area contributed by atoms with Gasteiger partial charge in [0.25, 0.3) is 0 Å². The standard InChI is InChI=1S/C16H18O3S/c1-3-11-7-5-6-8-12(11)13(17)9-15-16(18)14(10-20-15)19-4-2/h5-8,10,15H,3-4,9H2,1-2H3. The van der Waals surface area contributed by atoms with Crippen molar-refractivity contribution in [3.63, 3.8) is 0 Å². The summed E-state index contributed by atoms with van der Waals surface area (Å²) in [6.45, 7) is 4.34. The van der Waals surface area contributed by atoms with Crippen LogP contribution in [0.15, 0.2) is 35.4 Å². The Morgan fingerprint density at radius 3 is 2.75 bits per heavy atom. The number of thioether (sulfide) groups is 1. The molecule has 20 heavy (non-hydrogen) atoms. The van der Waals surface area contributed by atoms with Gasteiger partial charge in [0.05, 0.1) is 11.9 Å². The Balaban J connectivity index is 2.05. The molecule has 4 heteroatoms. The number of hydrogen-bond acceptors (Lipinski definition) is 4. The molecule has 0 fully saturated rings. The smallest absolute Gasteiger partial charge is 0.211 e. The molecular weight excluding hydrogens is 272 g/mol. The third-order valence-electron chi connectivity index (χ3n) is 3.24. The van der Waals surface area contributed by atoms with Crippen LogP contribution in [0.1, 0.15) is 36.2 Å². The molecule has 1 aromatic rings. The van der Waals surface area contributed by atoms with Gasteiger partial charge in [-0.15, -0.1) is 11.8 Å². The molecule has 0 saturated carbocycles. The molecule has 0 N–H and O–H groups in total. The number of benzene rings is 1. The number of Topliss-reactive ketones (excluding diaryl/α,β-unsaturated/α-hetero) is 2. The number of carbonyl (C=O) groups excluding carboxylic acids is 2. The van der Waals surface area contributed by atoms with Gasteiger partial charge in [0.2, 0.25) is 5.78 Å². The summed E-state index contributed by atoms with van der Waals surface area (Å²) in [7, 11) is 0. The van der Waals surface area contributed by atoms with E-state index in [1.165, 1.54) is 11.8 Å². The third kappa shape index (κ3) is 3.12. The lowest BCUT2D eigenvalue weighted by atomic mass is 9.98. The van der Waals surface area contributed by atoms with E-state index in [-0.39, 0.29) is 23.2 Å². The summed E-state index contributed by atoms with van der Waals surface area (Å²) in [6.07, 6.45) is 1.05. The van der Waals surface area contributed by atoms with Crippen LogP contribution in [0.3, 0.4) is 0 Å². The summed E-state index contributed by atoms with van der Waals surface area (Å²) in [5.41, 5.74) is 1.76. The van der Waals surface area contributed by atoms with Crippen molar-refractivity contribution in [3.8, 4) is 0 Å². The van der Waals surface area contributed by atoms with E-state index < -0.39 is 0 Å². The van der Waals surface area contributed by atoms with Gasteiger partial charge in [0.1, 0.15) is 0 Å². The van der Waals surface area contributed by atoms with Crippen molar-refractivity contribution in [1.82, 2.24) is 0 Å². The Labute approximate surface area is 123 Å². The van der Waals surface area contributed by atoms with E-state index in [0.29, 0.717) is 12.4 Å². The minimum Gasteiger partial charge on any atom is -0.490 e. The molecule has 0 spiro atoms. The van der Waals surface area contributed by atoms with Crippen LogP contribution in [0.4, 0.5) is 0 Å². The van der Waals surface area contributed by atoms with Gasteiger partial charge in [0, 0.05) is 17.4 Å². The summed E-state index contributed by atoms with van der Waals surface area (Å²) < 4.78 is 5.26. The first kappa shape index (κ1) is 14.9. The highest BCUT2D eigenvalue weighted by molar-refractivity contribution is 8.04.